The molecule has 2 fully saturated rings. The first-order valence-corrected chi connectivity index (χ1v) is 7.12. The Bertz CT molecular complexity index is 326. The van der Waals surface area contributed by atoms with Crippen molar-refractivity contribution < 1.29 is 60.5 Å². The molecular formula is C12H24O12. The first-order valence-electron chi connectivity index (χ1n) is 7.12. The number of aliphatic hydroxyl groups is 10. The minimum absolute atomic E-state index is 0.526. The van der Waals surface area contributed by atoms with E-state index in [4.69, 9.17) is 51.1 Å². The summed E-state index contributed by atoms with van der Waals surface area (Å²) < 4.78 is 9.15. The average molecular weight is 360 g/mol. The Balaban J connectivity index is 0.000000240. The van der Waals surface area contributed by atoms with Crippen molar-refractivity contribution in [3.8, 4) is 0 Å². The van der Waals surface area contributed by atoms with Crippen molar-refractivity contribution in [2.75, 3.05) is 13.2 Å². The Hall–Kier alpha value is -0.480. The second kappa shape index (κ2) is 9.28. The number of aliphatic hydroxyl groups excluding tert-OH is 10. The molecule has 24 heavy (non-hydrogen) atoms. The Labute approximate surface area is 136 Å². The van der Waals surface area contributed by atoms with Crippen LogP contribution >= 0.6 is 0 Å². The highest BCUT2D eigenvalue weighted by atomic mass is 16.6. The lowest BCUT2D eigenvalue weighted by Gasteiger charge is -2.37. The van der Waals surface area contributed by atoms with Gasteiger partial charge in [-0.15, -0.1) is 0 Å². The highest BCUT2D eigenvalue weighted by molar-refractivity contribution is 4.88. The van der Waals surface area contributed by atoms with E-state index in [2.05, 4.69) is 9.47 Å². The molecule has 2 heterocycles. The first-order chi connectivity index (χ1) is 11.1. The molecular weight excluding hydrogens is 336 g/mol. The molecule has 0 aromatic rings. The molecule has 0 saturated carbocycles. The molecule has 12 nitrogen and oxygen atoms in total. The summed E-state index contributed by atoms with van der Waals surface area (Å²) in [7, 11) is 0. The molecule has 0 bridgehead atoms. The smallest absolute Gasteiger partial charge is 0.184 e. The summed E-state index contributed by atoms with van der Waals surface area (Å²) in [6.07, 6.45) is -14.1. The number of hydrogen-bond donors (Lipinski definition) is 10. The van der Waals surface area contributed by atoms with Gasteiger partial charge in [-0.05, 0) is 0 Å². The molecule has 0 aromatic carbocycles. The van der Waals surface area contributed by atoms with E-state index < -0.39 is 74.6 Å². The number of hydrogen-bond acceptors (Lipinski definition) is 12. The van der Waals surface area contributed by atoms with Crippen molar-refractivity contribution in [3.05, 3.63) is 0 Å². The van der Waals surface area contributed by atoms with Crippen molar-refractivity contribution in [3.63, 3.8) is 0 Å². The summed E-state index contributed by atoms with van der Waals surface area (Å²) in [4.78, 5) is 0. The van der Waals surface area contributed by atoms with Crippen LogP contribution in [0.4, 0.5) is 0 Å². The Morgan fingerprint density at radius 1 is 0.458 bits per heavy atom. The maximum Gasteiger partial charge on any atom is 0.184 e. The van der Waals surface area contributed by atoms with E-state index in [1.165, 1.54) is 0 Å². The first kappa shape index (κ1) is 21.6. The van der Waals surface area contributed by atoms with Crippen LogP contribution in [-0.2, 0) is 9.47 Å². The highest BCUT2D eigenvalue weighted by Crippen LogP contribution is 2.19. The minimum Gasteiger partial charge on any atom is -0.394 e. The van der Waals surface area contributed by atoms with Gasteiger partial charge < -0.3 is 60.5 Å². The van der Waals surface area contributed by atoms with Gasteiger partial charge in [-0.3, -0.25) is 0 Å². The van der Waals surface area contributed by atoms with Gasteiger partial charge in [0.2, 0.25) is 0 Å². The van der Waals surface area contributed by atoms with E-state index in [0.717, 1.165) is 0 Å². The van der Waals surface area contributed by atoms with Gasteiger partial charge in [0.1, 0.15) is 48.8 Å². The zero-order valence-electron chi connectivity index (χ0n) is 12.5. The zero-order valence-corrected chi connectivity index (χ0v) is 12.5. The molecule has 0 aromatic heterocycles. The zero-order chi connectivity index (χ0) is 18.6. The van der Waals surface area contributed by atoms with Crippen LogP contribution in [0.1, 0.15) is 0 Å². The van der Waals surface area contributed by atoms with E-state index in [1.807, 2.05) is 0 Å². The van der Waals surface area contributed by atoms with E-state index in [9.17, 15) is 0 Å². The second-order valence-electron chi connectivity index (χ2n) is 5.44. The lowest BCUT2D eigenvalue weighted by atomic mass is 10.00. The molecule has 2 aliphatic rings. The van der Waals surface area contributed by atoms with E-state index >= 15 is 0 Å². The third-order valence-corrected chi connectivity index (χ3v) is 3.73. The fourth-order valence-corrected chi connectivity index (χ4v) is 2.16. The van der Waals surface area contributed by atoms with Crippen LogP contribution in [0.15, 0.2) is 0 Å². The molecule has 12 heteroatoms. The Morgan fingerprint density at radius 2 is 0.750 bits per heavy atom. The predicted molar refractivity (Wildman–Crippen MR) is 72.0 cm³/mol. The summed E-state index contributed by atoms with van der Waals surface area (Å²) in [6.45, 7) is -1.05. The van der Waals surface area contributed by atoms with Crippen LogP contribution in [0.2, 0.25) is 0 Å². The molecule has 2 saturated heterocycles. The molecule has 2 rings (SSSR count). The van der Waals surface area contributed by atoms with Crippen LogP contribution in [0.5, 0.6) is 0 Å². The summed E-state index contributed by atoms with van der Waals surface area (Å²) in [6, 6.07) is 0. The SMILES string of the molecule is OC[C@H]1O[C@@H](O)[C@@H](O)[C@@H](O)[C@@H]1O.OC[C@H]1O[C@@H](O)[C@@H](O)[C@@H](O)[C@@H]1O. The van der Waals surface area contributed by atoms with Crippen LogP contribution in [0.3, 0.4) is 0 Å². The third-order valence-electron chi connectivity index (χ3n) is 3.73. The molecule has 0 amide bonds. The lowest BCUT2D eigenvalue weighted by Crippen LogP contribution is -2.58. The van der Waals surface area contributed by atoms with Gasteiger partial charge in [0.15, 0.2) is 12.6 Å². The molecule has 0 unspecified atom stereocenters. The molecule has 144 valence electrons. The molecule has 2 aliphatic heterocycles. The summed E-state index contributed by atoms with van der Waals surface area (Å²) in [5.74, 6) is 0. The van der Waals surface area contributed by atoms with E-state index in [-0.39, 0.29) is 0 Å². The van der Waals surface area contributed by atoms with Gasteiger partial charge in [-0.1, -0.05) is 0 Å². The summed E-state index contributed by atoms with van der Waals surface area (Å²) in [5, 5.41) is 89.3. The van der Waals surface area contributed by atoms with Crippen LogP contribution in [0, 0.1) is 0 Å². The van der Waals surface area contributed by atoms with Gasteiger partial charge in [0, 0.05) is 0 Å². The number of ether oxygens (including phenoxy) is 2. The predicted octanol–water partition coefficient (Wildman–Crippen LogP) is -6.44. The second-order valence-corrected chi connectivity index (χ2v) is 5.44. The minimum atomic E-state index is -1.57. The maximum absolute atomic E-state index is 9.12. The third kappa shape index (κ3) is 4.78. The molecule has 10 N–H and O–H groups in total. The largest absolute Gasteiger partial charge is 0.394 e. The standard InChI is InChI=1S/2C6H12O6/c2*7-1-2-3(8)4(9)5(10)6(11)12-2/h2*2-11H,1H2/t2*2-,3-,4+,5+,6-/m11/s1. The van der Waals surface area contributed by atoms with Crippen molar-refractivity contribution in [1.82, 2.24) is 0 Å². The fourth-order valence-electron chi connectivity index (χ4n) is 2.16. The van der Waals surface area contributed by atoms with Gasteiger partial charge in [0.25, 0.3) is 0 Å². The van der Waals surface area contributed by atoms with Crippen molar-refractivity contribution in [2.45, 2.75) is 61.4 Å². The van der Waals surface area contributed by atoms with Crippen molar-refractivity contribution >= 4 is 0 Å². The number of rotatable bonds is 2. The monoisotopic (exact) mass is 360 g/mol. The van der Waals surface area contributed by atoms with Crippen LogP contribution in [0.25, 0.3) is 0 Å². The van der Waals surface area contributed by atoms with Gasteiger partial charge in [-0.2, -0.15) is 0 Å². The fraction of sp³-hybridized carbons (Fsp3) is 1.00. The average Bonchev–Trinajstić information content (AvgIpc) is 2.58. The summed E-state index contributed by atoms with van der Waals surface area (Å²) in [5.41, 5.74) is 0. The van der Waals surface area contributed by atoms with Gasteiger partial charge in [-0.25, -0.2) is 0 Å². The van der Waals surface area contributed by atoms with E-state index in [1.54, 1.807) is 0 Å². The molecule has 10 atom stereocenters. The Kier molecular flexibility index (Phi) is 8.34. The van der Waals surface area contributed by atoms with Crippen molar-refractivity contribution in [2.24, 2.45) is 0 Å². The van der Waals surface area contributed by atoms with Gasteiger partial charge >= 0.3 is 0 Å². The highest BCUT2D eigenvalue weighted by Gasteiger charge is 2.43. The lowest BCUT2D eigenvalue weighted by molar-refractivity contribution is -0.286. The molecule has 0 radical (unpaired) electrons. The van der Waals surface area contributed by atoms with Crippen LogP contribution in [-0.4, -0.2) is 126 Å². The van der Waals surface area contributed by atoms with Crippen LogP contribution < -0.4 is 0 Å². The normalized spacial score (nSPS) is 49.2. The van der Waals surface area contributed by atoms with Crippen molar-refractivity contribution in [1.29, 1.82) is 0 Å². The molecule has 0 spiro atoms. The topological polar surface area (TPSA) is 221 Å². The summed E-state index contributed by atoms with van der Waals surface area (Å²) >= 11 is 0. The molecule has 0 aliphatic carbocycles. The quantitative estimate of drug-likeness (QED) is 0.222. The maximum atomic E-state index is 9.12. The van der Waals surface area contributed by atoms with E-state index in [0.29, 0.717) is 0 Å². The Morgan fingerprint density at radius 3 is 1.00 bits per heavy atom. The van der Waals surface area contributed by atoms with Gasteiger partial charge in [0.05, 0.1) is 13.2 Å².